The zero-order chi connectivity index (χ0) is 13.2. The molecule has 0 bridgehead atoms. The number of benzene rings is 2. The summed E-state index contributed by atoms with van der Waals surface area (Å²) < 4.78 is 2.61. The van der Waals surface area contributed by atoms with E-state index in [1.165, 1.54) is 10.8 Å². The molecule has 0 saturated heterocycles. The van der Waals surface area contributed by atoms with Gasteiger partial charge in [-0.05, 0) is 44.4 Å². The molecule has 0 saturated carbocycles. The molecule has 0 radical (unpaired) electrons. The lowest BCUT2D eigenvalue weighted by Crippen LogP contribution is -2.18. The Morgan fingerprint density at radius 2 is 1.74 bits per heavy atom. The summed E-state index contributed by atoms with van der Waals surface area (Å²) in [5, 5.41) is 2.41. The summed E-state index contributed by atoms with van der Waals surface area (Å²) in [6.07, 6.45) is 1.82. The summed E-state index contributed by atoms with van der Waals surface area (Å²) in [5.41, 5.74) is 1.13. The van der Waals surface area contributed by atoms with Crippen molar-refractivity contribution in [1.29, 1.82) is 0 Å². The molecule has 0 fully saturated rings. The second kappa shape index (κ2) is 5.02. The Bertz CT molecular complexity index is 792. The zero-order valence-electron chi connectivity index (χ0n) is 10.2. The van der Waals surface area contributed by atoms with Crippen molar-refractivity contribution in [3.8, 4) is 0 Å². The van der Waals surface area contributed by atoms with Gasteiger partial charge in [-0.2, -0.15) is 0 Å². The van der Waals surface area contributed by atoms with Crippen LogP contribution < -0.4 is 5.56 Å². The van der Waals surface area contributed by atoms with Gasteiger partial charge in [0.25, 0.3) is 5.56 Å². The minimum atomic E-state index is 0.0105. The Balaban J connectivity index is 2.01. The molecule has 0 aliphatic heterocycles. The first-order valence-electron chi connectivity index (χ1n) is 6.06. The highest BCUT2D eigenvalue weighted by atomic mass is 79.9. The highest BCUT2D eigenvalue weighted by molar-refractivity contribution is 9.10. The smallest absolute Gasteiger partial charge is 0.250 e. The Morgan fingerprint density at radius 3 is 2.58 bits per heavy atom. The van der Waals surface area contributed by atoms with Crippen LogP contribution in [0.1, 0.15) is 5.56 Å². The molecule has 0 spiro atoms. The molecule has 0 N–H and O–H groups in total. The summed E-state index contributed by atoms with van der Waals surface area (Å²) in [6.45, 7) is 0.586. The first kappa shape index (κ1) is 12.2. The predicted molar refractivity (Wildman–Crippen MR) is 81.5 cm³/mol. The number of hydrogen-bond donors (Lipinski definition) is 0. The second-order valence-corrected chi connectivity index (χ2v) is 5.41. The van der Waals surface area contributed by atoms with Crippen LogP contribution in [-0.2, 0) is 6.54 Å². The van der Waals surface area contributed by atoms with Crippen LogP contribution in [0.4, 0.5) is 0 Å². The van der Waals surface area contributed by atoms with E-state index in [4.69, 9.17) is 0 Å². The fraction of sp³-hybridized carbons (Fsp3) is 0.0625. The second-order valence-electron chi connectivity index (χ2n) is 4.49. The van der Waals surface area contributed by atoms with Crippen LogP contribution in [0, 0.1) is 0 Å². The van der Waals surface area contributed by atoms with E-state index in [1.54, 1.807) is 16.7 Å². The van der Waals surface area contributed by atoms with Gasteiger partial charge in [0, 0.05) is 16.7 Å². The van der Waals surface area contributed by atoms with Crippen LogP contribution in [0.15, 0.2) is 70.1 Å². The van der Waals surface area contributed by atoms with Crippen LogP contribution in [-0.4, -0.2) is 4.57 Å². The van der Waals surface area contributed by atoms with Crippen molar-refractivity contribution >= 4 is 26.7 Å². The van der Waals surface area contributed by atoms with Gasteiger partial charge in [-0.15, -0.1) is 0 Å². The van der Waals surface area contributed by atoms with Crippen molar-refractivity contribution in [2.24, 2.45) is 0 Å². The first-order valence-corrected chi connectivity index (χ1v) is 6.85. The number of rotatable bonds is 2. The van der Waals surface area contributed by atoms with Gasteiger partial charge in [-0.1, -0.05) is 36.4 Å². The fourth-order valence-electron chi connectivity index (χ4n) is 2.16. The van der Waals surface area contributed by atoms with Gasteiger partial charge in [0.1, 0.15) is 0 Å². The maximum atomic E-state index is 11.8. The largest absolute Gasteiger partial charge is 0.310 e. The monoisotopic (exact) mass is 313 g/mol. The topological polar surface area (TPSA) is 22.0 Å². The molecule has 0 atom stereocenters. The number of pyridine rings is 1. The maximum absolute atomic E-state index is 11.8. The van der Waals surface area contributed by atoms with Crippen LogP contribution >= 0.6 is 15.9 Å². The van der Waals surface area contributed by atoms with Gasteiger partial charge in [0.2, 0.25) is 0 Å². The third kappa shape index (κ3) is 2.61. The molecule has 94 valence electrons. The molecule has 0 unspecified atom stereocenters. The van der Waals surface area contributed by atoms with Gasteiger partial charge in [-0.3, -0.25) is 4.79 Å². The third-order valence-electron chi connectivity index (χ3n) is 3.11. The van der Waals surface area contributed by atoms with E-state index in [9.17, 15) is 4.79 Å². The minimum Gasteiger partial charge on any atom is -0.310 e. The SMILES string of the molecule is O=c1ccc(Br)cn1Cc1ccc2ccccc2c1. The number of hydrogen-bond acceptors (Lipinski definition) is 1. The lowest BCUT2D eigenvalue weighted by atomic mass is 10.1. The molecular weight excluding hydrogens is 302 g/mol. The van der Waals surface area contributed by atoms with Crippen molar-refractivity contribution < 1.29 is 0 Å². The lowest BCUT2D eigenvalue weighted by molar-refractivity contribution is 0.757. The highest BCUT2D eigenvalue weighted by Crippen LogP contribution is 2.16. The van der Waals surface area contributed by atoms with E-state index in [0.29, 0.717) is 6.54 Å². The Kier molecular flexibility index (Phi) is 3.22. The van der Waals surface area contributed by atoms with Crippen molar-refractivity contribution in [2.75, 3.05) is 0 Å². The number of fused-ring (bicyclic) bond motifs is 1. The standard InChI is InChI=1S/C16H12BrNO/c17-15-7-8-16(19)18(11-15)10-12-5-6-13-3-1-2-4-14(13)9-12/h1-9,11H,10H2. The number of nitrogens with zero attached hydrogens (tertiary/aromatic N) is 1. The van der Waals surface area contributed by atoms with Gasteiger partial charge in [-0.25, -0.2) is 0 Å². The van der Waals surface area contributed by atoms with Crippen molar-refractivity contribution in [2.45, 2.75) is 6.54 Å². The van der Waals surface area contributed by atoms with Crippen LogP contribution in [0.3, 0.4) is 0 Å². The number of aromatic nitrogens is 1. The number of halogens is 1. The minimum absolute atomic E-state index is 0.0105. The molecule has 0 amide bonds. The zero-order valence-corrected chi connectivity index (χ0v) is 11.8. The van der Waals surface area contributed by atoms with Crippen LogP contribution in [0.5, 0.6) is 0 Å². The summed E-state index contributed by atoms with van der Waals surface area (Å²) in [4.78, 5) is 11.8. The van der Waals surface area contributed by atoms with E-state index in [1.807, 2.05) is 18.3 Å². The van der Waals surface area contributed by atoms with Crippen molar-refractivity contribution in [3.05, 3.63) is 81.2 Å². The molecule has 3 rings (SSSR count). The summed E-state index contributed by atoms with van der Waals surface area (Å²) in [7, 11) is 0. The molecule has 0 aliphatic carbocycles. The maximum Gasteiger partial charge on any atom is 0.250 e. The van der Waals surface area contributed by atoms with E-state index >= 15 is 0 Å². The summed E-state index contributed by atoms with van der Waals surface area (Å²) in [5.74, 6) is 0. The predicted octanol–water partition coefficient (Wildman–Crippen LogP) is 3.81. The lowest BCUT2D eigenvalue weighted by Gasteiger charge is -2.07. The van der Waals surface area contributed by atoms with Crippen molar-refractivity contribution in [3.63, 3.8) is 0 Å². The van der Waals surface area contributed by atoms with Crippen LogP contribution in [0.25, 0.3) is 10.8 Å². The van der Waals surface area contributed by atoms with Gasteiger partial charge < -0.3 is 4.57 Å². The average Bonchev–Trinajstić information content (AvgIpc) is 2.43. The first-order chi connectivity index (χ1) is 9.22. The molecule has 2 aromatic carbocycles. The Morgan fingerprint density at radius 1 is 0.947 bits per heavy atom. The molecule has 1 aromatic heterocycles. The molecule has 1 heterocycles. The summed E-state index contributed by atoms with van der Waals surface area (Å²) in [6, 6.07) is 17.8. The average molecular weight is 314 g/mol. The van der Waals surface area contributed by atoms with E-state index < -0.39 is 0 Å². The van der Waals surface area contributed by atoms with Gasteiger partial charge >= 0.3 is 0 Å². The Labute approximate surface area is 119 Å². The molecule has 0 aliphatic rings. The van der Waals surface area contributed by atoms with E-state index in [0.717, 1.165) is 10.0 Å². The summed E-state index contributed by atoms with van der Waals surface area (Å²) >= 11 is 3.39. The molecule has 19 heavy (non-hydrogen) atoms. The van der Waals surface area contributed by atoms with Crippen LogP contribution in [0.2, 0.25) is 0 Å². The van der Waals surface area contributed by atoms with E-state index in [-0.39, 0.29) is 5.56 Å². The highest BCUT2D eigenvalue weighted by Gasteiger charge is 2.00. The fourth-order valence-corrected chi connectivity index (χ4v) is 2.54. The van der Waals surface area contributed by atoms with Gasteiger partial charge in [0.05, 0.1) is 6.54 Å². The van der Waals surface area contributed by atoms with Gasteiger partial charge in [0.15, 0.2) is 0 Å². The Hall–Kier alpha value is -1.87. The molecule has 2 nitrogen and oxygen atoms in total. The molecule has 3 heteroatoms. The molecular formula is C16H12BrNO. The third-order valence-corrected chi connectivity index (χ3v) is 3.58. The quantitative estimate of drug-likeness (QED) is 0.705. The molecule has 3 aromatic rings. The normalized spacial score (nSPS) is 10.8. The van der Waals surface area contributed by atoms with E-state index in [2.05, 4.69) is 46.3 Å². The van der Waals surface area contributed by atoms with Crippen molar-refractivity contribution in [1.82, 2.24) is 4.57 Å².